The number of hydrogen-bond acceptors (Lipinski definition) is 9. The van der Waals surface area contributed by atoms with Crippen molar-refractivity contribution in [3.63, 3.8) is 0 Å². The van der Waals surface area contributed by atoms with Crippen LogP contribution < -0.4 is 25.4 Å². The summed E-state index contributed by atoms with van der Waals surface area (Å²) in [5.74, 6) is 2.43. The second kappa shape index (κ2) is 8.91. The molecule has 9 heteroatoms. The molecule has 9 nitrogen and oxygen atoms in total. The second-order valence-corrected chi connectivity index (χ2v) is 6.79. The zero-order valence-corrected chi connectivity index (χ0v) is 17.1. The molecular formula is C21H26N6O3. The van der Waals surface area contributed by atoms with Gasteiger partial charge in [-0.25, -0.2) is 4.99 Å². The molecule has 2 heterocycles. The Kier molecular flexibility index (Phi) is 5.89. The van der Waals surface area contributed by atoms with Gasteiger partial charge in [-0.05, 0) is 36.4 Å². The van der Waals surface area contributed by atoms with E-state index in [1.165, 1.54) is 0 Å². The molecule has 2 aromatic rings. The van der Waals surface area contributed by atoms with Gasteiger partial charge in [0.2, 0.25) is 18.2 Å². The van der Waals surface area contributed by atoms with Crippen molar-refractivity contribution < 1.29 is 14.2 Å². The van der Waals surface area contributed by atoms with Crippen LogP contribution in [0.2, 0.25) is 0 Å². The number of methoxy groups -OCH3 is 2. The third kappa shape index (κ3) is 4.11. The van der Waals surface area contributed by atoms with Gasteiger partial charge >= 0.3 is 0 Å². The highest BCUT2D eigenvalue weighted by molar-refractivity contribution is 6.06. The number of nitrogens with zero attached hydrogens (tertiary/aromatic N) is 4. The topological polar surface area (TPSA) is 96.9 Å². The number of rotatable bonds is 5. The summed E-state index contributed by atoms with van der Waals surface area (Å²) in [6.45, 7) is 2.69. The summed E-state index contributed by atoms with van der Waals surface area (Å²) in [5.41, 5.74) is 7.83. The SMILES string of the molecule is COc1ccc(NC2N=C(N)N=C(N3CCOCC3)N2c2ccccc2OC)cc1. The molecule has 3 N–H and O–H groups in total. The fourth-order valence-corrected chi connectivity index (χ4v) is 3.47. The number of aliphatic imine (C=N–C) groups is 2. The molecule has 0 amide bonds. The third-order valence-corrected chi connectivity index (χ3v) is 4.95. The first-order valence-corrected chi connectivity index (χ1v) is 9.77. The van der Waals surface area contributed by atoms with E-state index in [1.54, 1.807) is 14.2 Å². The predicted octanol–water partition coefficient (Wildman–Crippen LogP) is 1.92. The Morgan fingerprint density at radius 3 is 2.47 bits per heavy atom. The van der Waals surface area contributed by atoms with Crippen molar-refractivity contribution in [2.75, 3.05) is 50.7 Å². The third-order valence-electron chi connectivity index (χ3n) is 4.95. The number of hydrogen-bond donors (Lipinski definition) is 2. The largest absolute Gasteiger partial charge is 0.497 e. The summed E-state index contributed by atoms with van der Waals surface area (Å²) < 4.78 is 16.4. The van der Waals surface area contributed by atoms with Gasteiger partial charge in [-0.15, -0.1) is 0 Å². The van der Waals surface area contributed by atoms with Gasteiger partial charge in [-0.3, -0.25) is 4.90 Å². The summed E-state index contributed by atoms with van der Waals surface area (Å²) in [4.78, 5) is 13.3. The Hall–Kier alpha value is -3.46. The van der Waals surface area contributed by atoms with Gasteiger partial charge in [0, 0.05) is 18.8 Å². The van der Waals surface area contributed by atoms with E-state index in [-0.39, 0.29) is 5.96 Å². The van der Waals surface area contributed by atoms with Crippen LogP contribution in [0.4, 0.5) is 11.4 Å². The summed E-state index contributed by atoms with van der Waals surface area (Å²) in [7, 11) is 3.29. The lowest BCUT2D eigenvalue weighted by Crippen LogP contribution is -2.57. The molecule has 0 saturated carbocycles. The van der Waals surface area contributed by atoms with Crippen molar-refractivity contribution >= 4 is 23.3 Å². The van der Waals surface area contributed by atoms with E-state index in [0.29, 0.717) is 32.3 Å². The molecule has 1 saturated heterocycles. The highest BCUT2D eigenvalue weighted by Crippen LogP contribution is 2.32. The lowest BCUT2D eigenvalue weighted by Gasteiger charge is -2.41. The maximum Gasteiger partial charge on any atom is 0.222 e. The van der Waals surface area contributed by atoms with E-state index in [1.807, 2.05) is 53.4 Å². The van der Waals surface area contributed by atoms with Gasteiger partial charge in [0.1, 0.15) is 11.5 Å². The van der Waals surface area contributed by atoms with Gasteiger partial charge in [-0.2, -0.15) is 4.99 Å². The van der Waals surface area contributed by atoms with E-state index >= 15 is 0 Å². The monoisotopic (exact) mass is 410 g/mol. The van der Waals surface area contributed by atoms with E-state index in [9.17, 15) is 0 Å². The van der Waals surface area contributed by atoms with Crippen molar-refractivity contribution in [2.45, 2.75) is 6.29 Å². The Labute approximate surface area is 175 Å². The lowest BCUT2D eigenvalue weighted by atomic mass is 10.2. The van der Waals surface area contributed by atoms with E-state index in [4.69, 9.17) is 19.9 Å². The molecule has 0 aromatic heterocycles. The Morgan fingerprint density at radius 1 is 1.03 bits per heavy atom. The summed E-state index contributed by atoms with van der Waals surface area (Å²) in [5, 5.41) is 3.44. The first-order chi connectivity index (χ1) is 14.7. The maximum atomic E-state index is 6.12. The standard InChI is InChI=1S/C21H26N6O3/c1-28-16-9-7-15(8-10-16)23-20-24-19(22)25-21(26-11-13-30-14-12-26)27(20)17-5-3-4-6-18(17)29-2/h3-10,20,23H,11-14H2,1-2H3,(H2,22,24). The quantitative estimate of drug-likeness (QED) is 0.777. The average molecular weight is 410 g/mol. The normalized spacial score (nSPS) is 19.1. The number of nitrogens with two attached hydrogens (primary N) is 1. The van der Waals surface area contributed by atoms with Crippen molar-refractivity contribution in [3.8, 4) is 11.5 Å². The van der Waals surface area contributed by atoms with Gasteiger partial charge in [0.05, 0.1) is 33.1 Å². The molecule has 0 spiro atoms. The number of anilines is 2. The number of morpholine rings is 1. The average Bonchev–Trinajstić information content (AvgIpc) is 2.80. The fraction of sp³-hybridized carbons (Fsp3) is 0.333. The molecule has 30 heavy (non-hydrogen) atoms. The van der Waals surface area contributed by atoms with Gasteiger partial charge in [-0.1, -0.05) is 12.1 Å². The van der Waals surface area contributed by atoms with Crippen LogP contribution in [0.1, 0.15) is 0 Å². The number of ether oxygens (including phenoxy) is 3. The van der Waals surface area contributed by atoms with Crippen molar-refractivity contribution in [3.05, 3.63) is 48.5 Å². The minimum absolute atomic E-state index is 0.216. The maximum absolute atomic E-state index is 6.12. The van der Waals surface area contributed by atoms with E-state index < -0.39 is 6.29 Å². The summed E-state index contributed by atoms with van der Waals surface area (Å²) in [6.07, 6.45) is -0.509. The zero-order chi connectivity index (χ0) is 20.9. The van der Waals surface area contributed by atoms with Crippen LogP contribution >= 0.6 is 0 Å². The highest BCUT2D eigenvalue weighted by Gasteiger charge is 2.33. The van der Waals surface area contributed by atoms with Crippen LogP contribution in [0, 0.1) is 0 Å². The van der Waals surface area contributed by atoms with Crippen LogP contribution in [0.25, 0.3) is 0 Å². The van der Waals surface area contributed by atoms with Crippen LogP contribution in [0.15, 0.2) is 58.5 Å². The van der Waals surface area contributed by atoms with Gasteiger partial charge < -0.3 is 30.2 Å². The number of benzene rings is 2. The molecule has 2 aliphatic rings. The minimum Gasteiger partial charge on any atom is -0.497 e. The van der Waals surface area contributed by atoms with Crippen LogP contribution in [0.3, 0.4) is 0 Å². The summed E-state index contributed by atoms with van der Waals surface area (Å²) in [6, 6.07) is 15.4. The zero-order valence-electron chi connectivity index (χ0n) is 17.1. The highest BCUT2D eigenvalue weighted by atomic mass is 16.5. The molecular weight excluding hydrogens is 384 g/mol. The second-order valence-electron chi connectivity index (χ2n) is 6.79. The number of nitrogens with one attached hydrogen (secondary N) is 1. The molecule has 0 radical (unpaired) electrons. The molecule has 158 valence electrons. The van der Waals surface area contributed by atoms with Crippen LogP contribution in [0.5, 0.6) is 11.5 Å². The van der Waals surface area contributed by atoms with Crippen molar-refractivity contribution in [1.29, 1.82) is 0 Å². The van der Waals surface area contributed by atoms with Gasteiger partial charge in [0.25, 0.3) is 0 Å². The molecule has 1 unspecified atom stereocenters. The smallest absolute Gasteiger partial charge is 0.222 e. The molecule has 0 aliphatic carbocycles. The number of para-hydroxylation sites is 2. The number of guanidine groups is 2. The molecule has 2 aliphatic heterocycles. The molecule has 1 atom stereocenters. The molecule has 2 aromatic carbocycles. The molecule has 1 fully saturated rings. The van der Waals surface area contributed by atoms with Gasteiger partial charge in [0.15, 0.2) is 0 Å². The lowest BCUT2D eigenvalue weighted by molar-refractivity contribution is 0.0671. The first kappa shape index (κ1) is 19.8. The fourth-order valence-electron chi connectivity index (χ4n) is 3.47. The van der Waals surface area contributed by atoms with Crippen LogP contribution in [-0.4, -0.2) is 63.6 Å². The Bertz CT molecular complexity index is 925. The van der Waals surface area contributed by atoms with E-state index in [0.717, 1.165) is 22.9 Å². The van der Waals surface area contributed by atoms with Crippen molar-refractivity contribution in [1.82, 2.24) is 4.90 Å². The van der Waals surface area contributed by atoms with Crippen LogP contribution in [-0.2, 0) is 4.74 Å². The molecule has 0 bridgehead atoms. The minimum atomic E-state index is -0.509. The van der Waals surface area contributed by atoms with E-state index in [2.05, 4.69) is 20.2 Å². The predicted molar refractivity (Wildman–Crippen MR) is 117 cm³/mol. The Balaban J connectivity index is 1.73. The molecule has 4 rings (SSSR count). The van der Waals surface area contributed by atoms with Crippen molar-refractivity contribution in [2.24, 2.45) is 15.7 Å². The summed E-state index contributed by atoms with van der Waals surface area (Å²) >= 11 is 0. The Morgan fingerprint density at radius 2 is 1.77 bits per heavy atom. The first-order valence-electron chi connectivity index (χ1n) is 9.77.